The maximum Gasteiger partial charge on any atom is 0.426 e. The Hall–Kier alpha value is -2.08. The van der Waals surface area contributed by atoms with Gasteiger partial charge in [0.25, 0.3) is 18.6 Å². The Bertz CT molecular complexity index is 590. The smallest absolute Gasteiger partial charge is 0.320 e. The Morgan fingerprint density at radius 1 is 1.53 bits per heavy atom. The van der Waals surface area contributed by atoms with Crippen LogP contribution in [0.2, 0.25) is 5.02 Å². The van der Waals surface area contributed by atoms with Gasteiger partial charge >= 0.3 is 5.63 Å². The van der Waals surface area contributed by atoms with E-state index in [9.17, 15) is 9.59 Å². The first-order valence-electron chi connectivity index (χ1n) is 4.77. The molecule has 0 spiro atoms. The van der Waals surface area contributed by atoms with Crippen LogP contribution in [0.4, 0.5) is 5.69 Å². The van der Waals surface area contributed by atoms with E-state index in [2.05, 4.69) is 15.1 Å². The van der Waals surface area contributed by atoms with Crippen molar-refractivity contribution in [1.82, 2.24) is 5.27 Å². The van der Waals surface area contributed by atoms with Crippen molar-refractivity contribution in [2.24, 2.45) is 0 Å². The van der Waals surface area contributed by atoms with Crippen molar-refractivity contribution < 1.29 is 14.0 Å². The molecule has 1 heterocycles. The van der Waals surface area contributed by atoms with Crippen LogP contribution in [0, 0.1) is 0 Å². The van der Waals surface area contributed by atoms with Gasteiger partial charge in [0.05, 0.1) is 0 Å². The predicted molar refractivity (Wildman–Crippen MR) is 59.6 cm³/mol. The molecule has 1 aromatic heterocycles. The fraction of sp³-hybridized carbons (Fsp3) is 0.100. The van der Waals surface area contributed by atoms with Crippen molar-refractivity contribution in [3.05, 3.63) is 45.9 Å². The molecule has 1 aromatic carbocycles. The lowest BCUT2D eigenvalue weighted by Gasteiger charge is -2.01. The minimum atomic E-state index is -0.541. The van der Waals surface area contributed by atoms with E-state index in [0.29, 0.717) is 10.7 Å². The van der Waals surface area contributed by atoms with Crippen molar-refractivity contribution in [3.8, 4) is 0 Å². The highest BCUT2D eigenvalue weighted by Gasteiger charge is 2.12. The topological polar surface area (TPSA) is 79.0 Å². The summed E-state index contributed by atoms with van der Waals surface area (Å²) >= 11 is 5.77. The SMILES string of the molecule is O=C(C[n+]1cc(=O)o[nH]1)Nc1cccc(Cl)c1. The molecule has 0 radical (unpaired) electrons. The summed E-state index contributed by atoms with van der Waals surface area (Å²) in [6, 6.07) is 6.78. The minimum absolute atomic E-state index is 0.0434. The quantitative estimate of drug-likeness (QED) is 0.785. The number of nitrogens with zero attached hydrogens (tertiary/aromatic N) is 1. The number of rotatable bonds is 3. The summed E-state index contributed by atoms with van der Waals surface area (Å²) in [7, 11) is 0. The highest BCUT2D eigenvalue weighted by molar-refractivity contribution is 6.30. The van der Waals surface area contributed by atoms with Gasteiger partial charge in [0.15, 0.2) is 0 Å². The first-order chi connectivity index (χ1) is 8.13. The zero-order valence-electron chi connectivity index (χ0n) is 8.64. The number of H-pyrrole nitrogens is 1. The van der Waals surface area contributed by atoms with Gasteiger partial charge in [-0.05, 0) is 23.5 Å². The number of nitrogens with one attached hydrogen (secondary N) is 2. The number of amides is 1. The van der Waals surface area contributed by atoms with Gasteiger partial charge in [0.2, 0.25) is 0 Å². The first kappa shape index (κ1) is 11.4. The number of carbonyl (C=O) groups excluding carboxylic acids is 1. The lowest BCUT2D eigenvalue weighted by atomic mass is 10.3. The van der Waals surface area contributed by atoms with Crippen LogP contribution in [0.25, 0.3) is 0 Å². The molecular weight excluding hydrogens is 246 g/mol. The second kappa shape index (κ2) is 4.84. The lowest BCUT2D eigenvalue weighted by Crippen LogP contribution is -2.41. The molecule has 0 saturated carbocycles. The maximum absolute atomic E-state index is 11.6. The number of halogens is 1. The molecule has 0 fully saturated rings. The van der Waals surface area contributed by atoms with Gasteiger partial charge < -0.3 is 5.32 Å². The summed E-state index contributed by atoms with van der Waals surface area (Å²) in [6.45, 7) is -0.0434. The van der Waals surface area contributed by atoms with Crippen LogP contribution in [0.5, 0.6) is 0 Å². The molecule has 2 N–H and O–H groups in total. The first-order valence-corrected chi connectivity index (χ1v) is 5.15. The molecular formula is C10H9ClN3O3+. The fourth-order valence-corrected chi connectivity index (χ4v) is 1.47. The van der Waals surface area contributed by atoms with E-state index >= 15 is 0 Å². The van der Waals surface area contributed by atoms with Crippen LogP contribution in [0.1, 0.15) is 0 Å². The molecule has 88 valence electrons. The highest BCUT2D eigenvalue weighted by Crippen LogP contribution is 2.14. The molecule has 0 aliphatic heterocycles. The van der Waals surface area contributed by atoms with Gasteiger partial charge in [0, 0.05) is 10.7 Å². The minimum Gasteiger partial charge on any atom is -0.320 e. The summed E-state index contributed by atoms with van der Waals surface area (Å²) in [4.78, 5) is 22.3. The average molecular weight is 255 g/mol. The highest BCUT2D eigenvalue weighted by atomic mass is 35.5. The number of aromatic amines is 1. The van der Waals surface area contributed by atoms with Crippen molar-refractivity contribution in [3.63, 3.8) is 0 Å². The molecule has 0 atom stereocenters. The van der Waals surface area contributed by atoms with Gasteiger partial charge in [-0.15, -0.1) is 0 Å². The predicted octanol–water partition coefficient (Wildman–Crippen LogP) is 0.547. The summed E-state index contributed by atoms with van der Waals surface area (Å²) in [5, 5.41) is 5.44. The van der Waals surface area contributed by atoms with E-state index in [1.165, 1.54) is 4.68 Å². The molecule has 7 heteroatoms. The Morgan fingerprint density at radius 2 is 2.35 bits per heavy atom. The number of benzene rings is 1. The van der Waals surface area contributed by atoms with Crippen LogP contribution in [0.3, 0.4) is 0 Å². The van der Waals surface area contributed by atoms with Gasteiger partial charge in [0.1, 0.15) is 0 Å². The average Bonchev–Trinajstić information content (AvgIpc) is 2.63. The number of hydrogen-bond donors (Lipinski definition) is 2. The zero-order valence-corrected chi connectivity index (χ0v) is 9.40. The van der Waals surface area contributed by atoms with E-state index < -0.39 is 5.63 Å². The van der Waals surface area contributed by atoms with Crippen molar-refractivity contribution in [1.29, 1.82) is 0 Å². The molecule has 0 bridgehead atoms. The summed E-state index contributed by atoms with van der Waals surface area (Å²) in [6.07, 6.45) is 1.15. The number of anilines is 1. The number of hydrogen-bond acceptors (Lipinski definition) is 3. The molecule has 0 aliphatic carbocycles. The second-order valence-corrected chi connectivity index (χ2v) is 3.76. The Morgan fingerprint density at radius 3 is 3.00 bits per heavy atom. The number of carbonyl (C=O) groups is 1. The van der Waals surface area contributed by atoms with Gasteiger partial charge in [-0.2, -0.15) is 0 Å². The standard InChI is InChI=1S/C10H8ClN3O3/c11-7-2-1-3-8(4-7)12-9(15)5-14-6-10(16)17-13-14/h1-4,6H,5H2,(H-,12,13,15,16)/p+1. The molecule has 17 heavy (non-hydrogen) atoms. The summed E-state index contributed by atoms with van der Waals surface area (Å²) < 4.78 is 5.65. The molecule has 1 amide bonds. The molecule has 0 saturated heterocycles. The van der Waals surface area contributed by atoms with Gasteiger partial charge in [-0.3, -0.25) is 9.32 Å². The van der Waals surface area contributed by atoms with E-state index in [0.717, 1.165) is 6.20 Å². The van der Waals surface area contributed by atoms with Crippen LogP contribution in [-0.2, 0) is 11.3 Å². The Kier molecular flexibility index (Phi) is 3.24. The molecule has 0 aliphatic rings. The van der Waals surface area contributed by atoms with Gasteiger partial charge in [-0.25, -0.2) is 4.79 Å². The van der Waals surface area contributed by atoms with E-state index in [4.69, 9.17) is 11.6 Å². The van der Waals surface area contributed by atoms with E-state index in [1.807, 2.05) is 0 Å². The molecule has 2 aromatic rings. The van der Waals surface area contributed by atoms with Crippen LogP contribution >= 0.6 is 11.6 Å². The Labute approximate surface area is 101 Å². The largest absolute Gasteiger partial charge is 0.426 e. The van der Waals surface area contributed by atoms with E-state index in [1.54, 1.807) is 24.3 Å². The molecule has 0 unspecified atom stereocenters. The van der Waals surface area contributed by atoms with E-state index in [-0.39, 0.29) is 12.5 Å². The monoisotopic (exact) mass is 254 g/mol. The van der Waals surface area contributed by atoms with Crippen molar-refractivity contribution in [2.75, 3.05) is 5.32 Å². The van der Waals surface area contributed by atoms with Gasteiger partial charge in [-0.1, -0.05) is 22.3 Å². The normalized spacial score (nSPS) is 10.2. The van der Waals surface area contributed by atoms with Crippen LogP contribution in [0.15, 0.2) is 39.8 Å². The number of aromatic nitrogens is 2. The molecule has 2 rings (SSSR count). The molecule has 6 nitrogen and oxygen atoms in total. The third-order valence-corrected chi connectivity index (χ3v) is 2.18. The van der Waals surface area contributed by atoms with Crippen LogP contribution < -0.4 is 15.6 Å². The zero-order chi connectivity index (χ0) is 12.3. The van der Waals surface area contributed by atoms with Crippen LogP contribution in [-0.4, -0.2) is 11.2 Å². The fourth-order valence-electron chi connectivity index (χ4n) is 1.28. The third kappa shape index (κ3) is 3.18. The summed E-state index contributed by atoms with van der Waals surface area (Å²) in [5.74, 6) is -0.297. The van der Waals surface area contributed by atoms with Crippen molar-refractivity contribution in [2.45, 2.75) is 6.54 Å². The van der Waals surface area contributed by atoms with Crippen molar-refractivity contribution >= 4 is 23.2 Å². The maximum atomic E-state index is 11.6. The third-order valence-electron chi connectivity index (χ3n) is 1.95. The second-order valence-electron chi connectivity index (χ2n) is 3.33. The lowest BCUT2D eigenvalue weighted by molar-refractivity contribution is -0.750. The summed E-state index contributed by atoms with van der Waals surface area (Å²) in [5.41, 5.74) is 0.0505. The Balaban J connectivity index is 2.00.